The molecule has 1 spiro atoms. The van der Waals surface area contributed by atoms with Gasteiger partial charge in [0.25, 0.3) is 0 Å². The van der Waals surface area contributed by atoms with Gasteiger partial charge in [-0.3, -0.25) is 4.90 Å². The molecule has 1 aromatic rings. The van der Waals surface area contributed by atoms with E-state index < -0.39 is 0 Å². The zero-order chi connectivity index (χ0) is 17.7. The second-order valence-corrected chi connectivity index (χ2v) is 9.59. The molecule has 1 aliphatic carbocycles. The summed E-state index contributed by atoms with van der Waals surface area (Å²) in [5, 5.41) is 0. The van der Waals surface area contributed by atoms with Gasteiger partial charge in [0.1, 0.15) is 5.75 Å². The number of thioether (sulfide) groups is 1. The number of hydrogen-bond acceptors (Lipinski definition) is 3. The van der Waals surface area contributed by atoms with Crippen molar-refractivity contribution in [2.75, 3.05) is 25.4 Å². The van der Waals surface area contributed by atoms with Crippen LogP contribution in [0.3, 0.4) is 0 Å². The fourth-order valence-corrected chi connectivity index (χ4v) is 6.45. The van der Waals surface area contributed by atoms with Crippen LogP contribution in [0.5, 0.6) is 5.75 Å². The van der Waals surface area contributed by atoms with Gasteiger partial charge in [-0.25, -0.2) is 0 Å². The Bertz CT molecular complexity index is 573. The minimum absolute atomic E-state index is 0.576. The summed E-state index contributed by atoms with van der Waals surface area (Å²) in [6, 6.07) is 6.60. The summed E-state index contributed by atoms with van der Waals surface area (Å²) in [6.45, 7) is 3.49. The van der Waals surface area contributed by atoms with Gasteiger partial charge in [0, 0.05) is 5.54 Å². The van der Waals surface area contributed by atoms with Crippen LogP contribution in [0, 0.1) is 0 Å². The maximum absolute atomic E-state index is 6.19. The summed E-state index contributed by atoms with van der Waals surface area (Å²) in [5.74, 6) is 2.37. The van der Waals surface area contributed by atoms with Crippen molar-refractivity contribution in [3.05, 3.63) is 23.8 Å². The van der Waals surface area contributed by atoms with Crippen LogP contribution in [0.2, 0.25) is 0 Å². The highest BCUT2D eigenvalue weighted by atomic mass is 32.2. The van der Waals surface area contributed by atoms with E-state index >= 15 is 0 Å². The third-order valence-corrected chi connectivity index (χ3v) is 8.00. The summed E-state index contributed by atoms with van der Waals surface area (Å²) in [4.78, 5) is 4.28. The Morgan fingerprint density at radius 3 is 2.69 bits per heavy atom. The molecule has 0 N–H and O–H groups in total. The molecule has 0 unspecified atom stereocenters. The summed E-state index contributed by atoms with van der Waals surface area (Å²) >= 11 is 1.98. The molecule has 1 saturated heterocycles. The van der Waals surface area contributed by atoms with Crippen LogP contribution in [0.4, 0.5) is 0 Å². The number of likely N-dealkylation sites (tertiary alicyclic amines) is 1. The van der Waals surface area contributed by atoms with Crippen molar-refractivity contribution in [1.82, 2.24) is 4.90 Å². The fraction of sp³-hybridized carbons (Fsp3) is 0.739. The average molecular weight is 374 g/mol. The molecule has 1 aromatic carbocycles. The predicted octanol–water partition coefficient (Wildman–Crippen LogP) is 6.07. The van der Waals surface area contributed by atoms with Gasteiger partial charge in [0.2, 0.25) is 0 Å². The molecule has 0 radical (unpaired) electrons. The fourth-order valence-electron chi connectivity index (χ4n) is 5.34. The summed E-state index contributed by atoms with van der Waals surface area (Å²) < 4.78 is 6.19. The molecule has 4 rings (SSSR count). The van der Waals surface area contributed by atoms with E-state index in [0.29, 0.717) is 5.54 Å². The van der Waals surface area contributed by atoms with E-state index in [4.69, 9.17) is 4.74 Å². The van der Waals surface area contributed by atoms with Crippen LogP contribution in [-0.4, -0.2) is 35.9 Å². The van der Waals surface area contributed by atoms with Crippen LogP contribution in [0.25, 0.3) is 0 Å². The third-order valence-electron chi connectivity index (χ3n) is 6.75. The largest absolute Gasteiger partial charge is 0.492 e. The highest BCUT2D eigenvalue weighted by molar-refractivity contribution is 7.99. The molecule has 26 heavy (non-hydrogen) atoms. The van der Waals surface area contributed by atoms with Gasteiger partial charge >= 0.3 is 0 Å². The number of hydrogen-bond donors (Lipinski definition) is 0. The zero-order valence-corrected chi connectivity index (χ0v) is 17.1. The molecule has 0 aromatic heterocycles. The molecule has 0 amide bonds. The van der Waals surface area contributed by atoms with E-state index in [1.54, 1.807) is 0 Å². The SMILES string of the molecule is c1cc2c(c(OCCCCN3CCCCC34CCCCC4)c1)SCCC2. The maximum Gasteiger partial charge on any atom is 0.133 e. The Labute approximate surface area is 164 Å². The average Bonchev–Trinajstić information content (AvgIpc) is 2.70. The van der Waals surface area contributed by atoms with Gasteiger partial charge in [0.05, 0.1) is 11.5 Å². The monoisotopic (exact) mass is 373 g/mol. The maximum atomic E-state index is 6.19. The number of aryl methyl sites for hydroxylation is 1. The molecule has 2 nitrogen and oxygen atoms in total. The molecule has 2 aliphatic heterocycles. The Morgan fingerprint density at radius 2 is 1.81 bits per heavy atom. The summed E-state index contributed by atoms with van der Waals surface area (Å²) in [5.41, 5.74) is 2.07. The van der Waals surface area contributed by atoms with Crippen molar-refractivity contribution in [3.63, 3.8) is 0 Å². The van der Waals surface area contributed by atoms with Crippen LogP contribution in [0.15, 0.2) is 23.1 Å². The molecule has 3 aliphatic rings. The molecule has 3 heteroatoms. The normalized spacial score (nSPS) is 22.9. The van der Waals surface area contributed by atoms with Crippen molar-refractivity contribution >= 4 is 11.8 Å². The second-order valence-electron chi connectivity index (χ2n) is 8.48. The molecule has 2 fully saturated rings. The van der Waals surface area contributed by atoms with Gasteiger partial charge in [-0.15, -0.1) is 11.8 Å². The van der Waals surface area contributed by atoms with Crippen molar-refractivity contribution < 1.29 is 4.74 Å². The lowest BCUT2D eigenvalue weighted by molar-refractivity contribution is 0.0133. The minimum atomic E-state index is 0.576. The number of ether oxygens (including phenoxy) is 1. The number of benzene rings is 1. The Kier molecular flexibility index (Phi) is 6.48. The Morgan fingerprint density at radius 1 is 0.962 bits per heavy atom. The van der Waals surface area contributed by atoms with Gasteiger partial charge in [-0.1, -0.05) is 37.8 Å². The van der Waals surface area contributed by atoms with Gasteiger partial charge in [-0.05, 0) is 81.8 Å². The molecule has 0 atom stereocenters. The lowest BCUT2D eigenvalue weighted by Gasteiger charge is -2.50. The van der Waals surface area contributed by atoms with Gasteiger partial charge in [0.15, 0.2) is 0 Å². The highest BCUT2D eigenvalue weighted by Gasteiger charge is 2.38. The molecule has 0 bridgehead atoms. The van der Waals surface area contributed by atoms with Crippen molar-refractivity contribution in [1.29, 1.82) is 0 Å². The Hall–Kier alpha value is -0.670. The molecule has 1 saturated carbocycles. The Balaban J connectivity index is 1.24. The van der Waals surface area contributed by atoms with Gasteiger partial charge < -0.3 is 4.74 Å². The number of fused-ring (bicyclic) bond motifs is 1. The van der Waals surface area contributed by atoms with E-state index in [1.807, 2.05) is 11.8 Å². The van der Waals surface area contributed by atoms with Crippen molar-refractivity contribution in [2.24, 2.45) is 0 Å². The predicted molar refractivity (Wildman–Crippen MR) is 111 cm³/mol. The quantitative estimate of drug-likeness (QED) is 0.561. The van der Waals surface area contributed by atoms with E-state index in [0.717, 1.165) is 12.4 Å². The first-order valence-electron chi connectivity index (χ1n) is 11.0. The molecular weight excluding hydrogens is 338 g/mol. The molecule has 2 heterocycles. The minimum Gasteiger partial charge on any atom is -0.492 e. The zero-order valence-electron chi connectivity index (χ0n) is 16.3. The number of rotatable bonds is 6. The second kappa shape index (κ2) is 9.01. The van der Waals surface area contributed by atoms with Crippen LogP contribution in [-0.2, 0) is 6.42 Å². The summed E-state index contributed by atoms with van der Waals surface area (Å²) in [7, 11) is 0. The first-order chi connectivity index (χ1) is 12.9. The van der Waals surface area contributed by atoms with Crippen LogP contribution >= 0.6 is 11.8 Å². The molecule has 144 valence electrons. The standard InChI is InChI=1S/C23H35NOS/c1-2-13-23(14-3-1)15-4-5-16-24(23)17-6-7-18-25-21-12-8-10-20-11-9-19-26-22(20)21/h8,10,12H,1-7,9,11,13-19H2. The smallest absolute Gasteiger partial charge is 0.133 e. The first-order valence-corrected chi connectivity index (χ1v) is 12.0. The number of nitrogens with zero attached hydrogens (tertiary/aromatic N) is 1. The van der Waals surface area contributed by atoms with Crippen LogP contribution in [0.1, 0.15) is 76.2 Å². The lowest BCUT2D eigenvalue weighted by atomic mass is 9.74. The number of unbranched alkanes of at least 4 members (excludes halogenated alkanes) is 1. The topological polar surface area (TPSA) is 12.5 Å². The van der Waals surface area contributed by atoms with E-state index in [1.165, 1.54) is 106 Å². The van der Waals surface area contributed by atoms with E-state index in [-0.39, 0.29) is 0 Å². The number of piperidine rings is 1. The summed E-state index contributed by atoms with van der Waals surface area (Å²) in [6.07, 6.45) is 16.6. The molecular formula is C23H35NOS. The lowest BCUT2D eigenvalue weighted by Crippen LogP contribution is -2.53. The van der Waals surface area contributed by atoms with E-state index in [9.17, 15) is 0 Å². The van der Waals surface area contributed by atoms with Crippen molar-refractivity contribution in [2.45, 2.75) is 87.5 Å². The first kappa shape index (κ1) is 18.7. The van der Waals surface area contributed by atoms with Gasteiger partial charge in [-0.2, -0.15) is 0 Å². The van der Waals surface area contributed by atoms with Crippen molar-refractivity contribution in [3.8, 4) is 5.75 Å². The van der Waals surface area contributed by atoms with E-state index in [2.05, 4.69) is 23.1 Å². The highest BCUT2D eigenvalue weighted by Crippen LogP contribution is 2.41. The van der Waals surface area contributed by atoms with Crippen LogP contribution < -0.4 is 4.74 Å². The third kappa shape index (κ3) is 4.25.